The third-order valence-electron chi connectivity index (χ3n) is 8.14. The minimum atomic E-state index is 0.571. The number of rotatable bonds is 4. The van der Waals surface area contributed by atoms with Gasteiger partial charge in [0, 0.05) is 38.2 Å². The average molecular weight is 566 g/mol. The first-order chi connectivity index (χ1) is 21.8. The van der Waals surface area contributed by atoms with Crippen LogP contribution in [-0.2, 0) is 0 Å². The summed E-state index contributed by atoms with van der Waals surface area (Å²) in [6.45, 7) is 0. The lowest BCUT2D eigenvalue weighted by atomic mass is 10.0. The molecule has 0 aliphatic carbocycles. The Labute approximate surface area is 252 Å². The van der Waals surface area contributed by atoms with Crippen LogP contribution in [0.3, 0.4) is 0 Å². The van der Waals surface area contributed by atoms with Gasteiger partial charge in [0.15, 0.2) is 17.5 Å². The molecule has 0 saturated carbocycles. The third kappa shape index (κ3) is 4.06. The molecule has 0 atom stereocenters. The van der Waals surface area contributed by atoms with Gasteiger partial charge in [-0.15, -0.1) is 0 Å². The van der Waals surface area contributed by atoms with Gasteiger partial charge in [0.2, 0.25) is 0 Å². The Balaban J connectivity index is 1.24. The fraction of sp³-hybridized carbons (Fsp3) is 0. The monoisotopic (exact) mass is 565 g/mol. The van der Waals surface area contributed by atoms with Gasteiger partial charge < -0.3 is 8.83 Å². The van der Waals surface area contributed by atoms with E-state index in [4.69, 9.17) is 23.8 Å². The number of fused-ring (bicyclic) bond motifs is 6. The molecule has 3 heterocycles. The zero-order valence-electron chi connectivity index (χ0n) is 23.4. The fourth-order valence-corrected chi connectivity index (χ4v) is 5.96. The van der Waals surface area contributed by atoms with E-state index in [1.807, 2.05) is 78.9 Å². The van der Waals surface area contributed by atoms with E-state index in [1.165, 1.54) is 0 Å². The fourth-order valence-electron chi connectivity index (χ4n) is 5.96. The molecule has 0 bridgehead atoms. The molecule has 9 aromatic rings. The molecule has 6 aromatic carbocycles. The van der Waals surface area contributed by atoms with Gasteiger partial charge in [-0.3, -0.25) is 0 Å². The van der Waals surface area contributed by atoms with Gasteiger partial charge in [-0.2, -0.15) is 0 Å². The average Bonchev–Trinajstić information content (AvgIpc) is 3.66. The van der Waals surface area contributed by atoms with Gasteiger partial charge in [-0.1, -0.05) is 97.1 Å². The number of benzene rings is 6. The maximum atomic E-state index is 6.20. The molecule has 0 radical (unpaired) electrons. The van der Waals surface area contributed by atoms with Gasteiger partial charge in [0.05, 0.1) is 0 Å². The second-order valence-corrected chi connectivity index (χ2v) is 10.9. The van der Waals surface area contributed by atoms with Gasteiger partial charge in [0.25, 0.3) is 0 Å². The molecule has 0 aliphatic heterocycles. The highest BCUT2D eigenvalue weighted by atomic mass is 16.3. The van der Waals surface area contributed by atoms with Crippen molar-refractivity contribution in [2.45, 2.75) is 0 Å². The topological polar surface area (TPSA) is 65.0 Å². The first kappa shape index (κ1) is 24.5. The van der Waals surface area contributed by atoms with Crippen LogP contribution < -0.4 is 0 Å². The van der Waals surface area contributed by atoms with Crippen LogP contribution in [0.15, 0.2) is 148 Å². The van der Waals surface area contributed by atoms with E-state index in [-0.39, 0.29) is 0 Å². The molecule has 0 N–H and O–H groups in total. The second kappa shape index (κ2) is 9.75. The summed E-state index contributed by atoms with van der Waals surface area (Å²) < 4.78 is 12.4. The standard InChI is InChI=1S/C39H23N3O2/c1-2-9-24(10-3-1)25-11-8-12-26(21-25)37-40-38(27-17-19-31-29-13-4-6-15-33(29)43-35(31)22-27)42-39(41-37)28-18-20-32-30-14-5-7-16-34(30)44-36(32)23-28/h1-23H. The highest BCUT2D eigenvalue weighted by Gasteiger charge is 2.16. The number of furan rings is 2. The smallest absolute Gasteiger partial charge is 0.164 e. The molecule has 9 rings (SSSR count). The third-order valence-corrected chi connectivity index (χ3v) is 8.14. The number of para-hydroxylation sites is 2. The lowest BCUT2D eigenvalue weighted by Gasteiger charge is -2.10. The van der Waals surface area contributed by atoms with E-state index in [1.54, 1.807) is 0 Å². The van der Waals surface area contributed by atoms with Crippen LogP contribution in [0.5, 0.6) is 0 Å². The van der Waals surface area contributed by atoms with Crippen molar-refractivity contribution in [3.63, 3.8) is 0 Å². The Morgan fingerprint density at radius 1 is 0.295 bits per heavy atom. The summed E-state index contributed by atoms with van der Waals surface area (Å²) in [7, 11) is 0. The first-order valence-electron chi connectivity index (χ1n) is 14.5. The minimum Gasteiger partial charge on any atom is -0.456 e. The maximum absolute atomic E-state index is 6.20. The first-order valence-corrected chi connectivity index (χ1v) is 14.5. The van der Waals surface area contributed by atoms with Crippen LogP contribution in [0.2, 0.25) is 0 Å². The van der Waals surface area contributed by atoms with Crippen LogP contribution in [-0.4, -0.2) is 15.0 Å². The van der Waals surface area contributed by atoms with Crippen molar-refractivity contribution in [1.29, 1.82) is 0 Å². The molecule has 0 spiro atoms. The molecule has 3 aromatic heterocycles. The Kier molecular flexibility index (Phi) is 5.43. The van der Waals surface area contributed by atoms with Crippen molar-refractivity contribution in [2.75, 3.05) is 0 Å². The lowest BCUT2D eigenvalue weighted by molar-refractivity contribution is 0.668. The predicted octanol–water partition coefficient (Wildman–Crippen LogP) is 10.3. The minimum absolute atomic E-state index is 0.571. The summed E-state index contributed by atoms with van der Waals surface area (Å²) in [4.78, 5) is 15.0. The van der Waals surface area contributed by atoms with Crippen molar-refractivity contribution in [1.82, 2.24) is 15.0 Å². The summed E-state index contributed by atoms with van der Waals surface area (Å²) in [6.07, 6.45) is 0. The van der Waals surface area contributed by atoms with Gasteiger partial charge >= 0.3 is 0 Å². The highest BCUT2D eigenvalue weighted by molar-refractivity contribution is 6.06. The Hall–Kier alpha value is -6.07. The highest BCUT2D eigenvalue weighted by Crippen LogP contribution is 2.35. The quantitative estimate of drug-likeness (QED) is 0.212. The number of aromatic nitrogens is 3. The zero-order chi connectivity index (χ0) is 29.0. The van der Waals surface area contributed by atoms with E-state index >= 15 is 0 Å². The van der Waals surface area contributed by atoms with E-state index in [9.17, 15) is 0 Å². The van der Waals surface area contributed by atoms with Gasteiger partial charge in [0.1, 0.15) is 22.3 Å². The van der Waals surface area contributed by atoms with Crippen LogP contribution in [0, 0.1) is 0 Å². The molecule has 44 heavy (non-hydrogen) atoms. The van der Waals surface area contributed by atoms with Crippen molar-refractivity contribution >= 4 is 43.9 Å². The SMILES string of the molecule is c1ccc(-c2cccc(-c3nc(-c4ccc5c(c4)oc4ccccc45)nc(-c4ccc5c(c4)oc4ccccc45)n3)c2)cc1. The van der Waals surface area contributed by atoms with Crippen LogP contribution in [0.1, 0.15) is 0 Å². The Morgan fingerprint density at radius 2 is 0.727 bits per heavy atom. The lowest BCUT2D eigenvalue weighted by Crippen LogP contribution is -2.00. The largest absolute Gasteiger partial charge is 0.456 e. The molecule has 5 heteroatoms. The van der Waals surface area contributed by atoms with E-state index < -0.39 is 0 Å². The molecule has 5 nitrogen and oxygen atoms in total. The summed E-state index contributed by atoms with van der Waals surface area (Å²) in [6, 6.07) is 47.1. The van der Waals surface area contributed by atoms with E-state index in [0.29, 0.717) is 17.5 Å². The van der Waals surface area contributed by atoms with Gasteiger partial charge in [-0.05, 0) is 53.6 Å². The molecule has 0 unspecified atom stereocenters. The normalized spacial score (nSPS) is 11.6. The molecule has 0 fully saturated rings. The molecule has 0 aliphatic rings. The summed E-state index contributed by atoms with van der Waals surface area (Å²) >= 11 is 0. The second-order valence-electron chi connectivity index (χ2n) is 10.9. The summed E-state index contributed by atoms with van der Waals surface area (Å²) in [5, 5.41) is 4.29. The maximum Gasteiger partial charge on any atom is 0.164 e. The molecular weight excluding hydrogens is 542 g/mol. The number of hydrogen-bond donors (Lipinski definition) is 0. The predicted molar refractivity (Wildman–Crippen MR) is 176 cm³/mol. The van der Waals surface area contributed by atoms with Crippen LogP contribution in [0.25, 0.3) is 89.2 Å². The van der Waals surface area contributed by atoms with Crippen molar-refractivity contribution in [3.05, 3.63) is 140 Å². The molecule has 0 amide bonds. The molecule has 206 valence electrons. The van der Waals surface area contributed by atoms with E-state index in [2.05, 4.69) is 60.7 Å². The van der Waals surface area contributed by atoms with Gasteiger partial charge in [-0.25, -0.2) is 15.0 Å². The van der Waals surface area contributed by atoms with Crippen molar-refractivity contribution in [2.24, 2.45) is 0 Å². The Morgan fingerprint density at radius 3 is 1.30 bits per heavy atom. The van der Waals surface area contributed by atoms with E-state index in [0.717, 1.165) is 71.7 Å². The molecular formula is C39H23N3O2. The van der Waals surface area contributed by atoms with Crippen LogP contribution >= 0.6 is 0 Å². The molecule has 0 saturated heterocycles. The Bertz CT molecular complexity index is 2380. The van der Waals surface area contributed by atoms with Crippen molar-refractivity contribution < 1.29 is 8.83 Å². The number of hydrogen-bond acceptors (Lipinski definition) is 5. The number of nitrogens with zero attached hydrogens (tertiary/aromatic N) is 3. The summed E-state index contributed by atoms with van der Waals surface area (Å²) in [5.74, 6) is 1.74. The van der Waals surface area contributed by atoms with Crippen molar-refractivity contribution in [3.8, 4) is 45.3 Å². The summed E-state index contributed by atoms with van der Waals surface area (Å²) in [5.41, 5.74) is 8.14. The zero-order valence-corrected chi connectivity index (χ0v) is 23.4. The van der Waals surface area contributed by atoms with Crippen LogP contribution in [0.4, 0.5) is 0 Å².